The first-order chi connectivity index (χ1) is 8.07. The fraction of sp³-hybridized carbons (Fsp3) is 1.00. The van der Waals surface area contributed by atoms with Crippen LogP contribution in [-0.4, -0.2) is 37.0 Å². The van der Waals surface area contributed by atoms with Crippen LogP contribution in [-0.2, 0) is 4.74 Å². The first-order valence-electron chi connectivity index (χ1n) is 7.03. The van der Waals surface area contributed by atoms with Crippen molar-refractivity contribution in [3.8, 4) is 0 Å². The largest absolute Gasteiger partial charge is 0.395 e. The van der Waals surface area contributed by atoms with E-state index in [0.29, 0.717) is 11.5 Å². The summed E-state index contributed by atoms with van der Waals surface area (Å²) in [5, 5.41) is 12.4. The molecule has 17 heavy (non-hydrogen) atoms. The monoisotopic (exact) mass is 243 g/mol. The average molecular weight is 243 g/mol. The number of rotatable bonds is 7. The van der Waals surface area contributed by atoms with Gasteiger partial charge in [0.15, 0.2) is 0 Å². The van der Waals surface area contributed by atoms with Gasteiger partial charge in [-0.25, -0.2) is 0 Å². The molecule has 3 heteroatoms. The summed E-state index contributed by atoms with van der Waals surface area (Å²) in [5.74, 6) is 0. The SMILES string of the molecule is CCNC(CO)CCOC1CCC(C)(C)CC1. The summed E-state index contributed by atoms with van der Waals surface area (Å²) in [5.41, 5.74) is 0.511. The van der Waals surface area contributed by atoms with Crippen LogP contribution in [0.5, 0.6) is 0 Å². The van der Waals surface area contributed by atoms with E-state index in [4.69, 9.17) is 9.84 Å². The van der Waals surface area contributed by atoms with Crippen LogP contribution in [0.2, 0.25) is 0 Å². The Morgan fingerprint density at radius 3 is 2.53 bits per heavy atom. The van der Waals surface area contributed by atoms with Gasteiger partial charge in [-0.2, -0.15) is 0 Å². The molecule has 1 unspecified atom stereocenters. The fourth-order valence-corrected chi connectivity index (χ4v) is 2.46. The van der Waals surface area contributed by atoms with Crippen molar-refractivity contribution >= 4 is 0 Å². The molecule has 1 aliphatic carbocycles. The second kappa shape index (κ2) is 7.34. The van der Waals surface area contributed by atoms with E-state index in [0.717, 1.165) is 19.6 Å². The smallest absolute Gasteiger partial charge is 0.0585 e. The van der Waals surface area contributed by atoms with E-state index in [1.54, 1.807) is 0 Å². The molecular formula is C14H29NO2. The predicted octanol–water partition coefficient (Wildman–Crippen LogP) is 2.33. The number of aliphatic hydroxyl groups excluding tert-OH is 1. The quantitative estimate of drug-likeness (QED) is 0.721. The molecule has 0 saturated heterocycles. The molecule has 0 aromatic carbocycles. The lowest BCUT2D eigenvalue weighted by Crippen LogP contribution is -2.34. The van der Waals surface area contributed by atoms with E-state index in [1.807, 2.05) is 0 Å². The van der Waals surface area contributed by atoms with Crippen molar-refractivity contribution in [1.82, 2.24) is 5.32 Å². The number of ether oxygens (including phenoxy) is 1. The second-order valence-electron chi connectivity index (χ2n) is 5.96. The Hall–Kier alpha value is -0.120. The van der Waals surface area contributed by atoms with Crippen LogP contribution in [0, 0.1) is 5.41 Å². The minimum absolute atomic E-state index is 0.194. The van der Waals surface area contributed by atoms with Gasteiger partial charge in [0.1, 0.15) is 0 Å². The zero-order chi connectivity index (χ0) is 12.7. The van der Waals surface area contributed by atoms with Gasteiger partial charge in [-0.15, -0.1) is 0 Å². The van der Waals surface area contributed by atoms with E-state index in [-0.39, 0.29) is 12.6 Å². The lowest BCUT2D eigenvalue weighted by atomic mass is 9.76. The van der Waals surface area contributed by atoms with Crippen molar-refractivity contribution in [1.29, 1.82) is 0 Å². The molecule has 0 aromatic heterocycles. The molecule has 0 aliphatic heterocycles. The summed E-state index contributed by atoms with van der Waals surface area (Å²) >= 11 is 0. The van der Waals surface area contributed by atoms with Crippen molar-refractivity contribution in [3.63, 3.8) is 0 Å². The molecule has 3 nitrogen and oxygen atoms in total. The van der Waals surface area contributed by atoms with Crippen molar-refractivity contribution in [3.05, 3.63) is 0 Å². The molecule has 0 amide bonds. The molecule has 102 valence electrons. The lowest BCUT2D eigenvalue weighted by Gasteiger charge is -2.34. The lowest BCUT2D eigenvalue weighted by molar-refractivity contribution is -0.00113. The third-order valence-electron chi connectivity index (χ3n) is 3.82. The van der Waals surface area contributed by atoms with Crippen molar-refractivity contribution in [2.24, 2.45) is 5.41 Å². The summed E-state index contributed by atoms with van der Waals surface area (Å²) in [6.07, 6.45) is 6.28. The molecule has 0 aromatic rings. The van der Waals surface area contributed by atoms with E-state index in [1.165, 1.54) is 25.7 Å². The molecule has 0 bridgehead atoms. The Balaban J connectivity index is 2.11. The zero-order valence-electron chi connectivity index (χ0n) is 11.7. The standard InChI is InChI=1S/C14H29NO2/c1-4-15-12(11-16)7-10-17-13-5-8-14(2,3)9-6-13/h12-13,15-16H,4-11H2,1-3H3. The van der Waals surface area contributed by atoms with Crippen molar-refractivity contribution < 1.29 is 9.84 Å². The molecular weight excluding hydrogens is 214 g/mol. The van der Waals surface area contributed by atoms with Crippen LogP contribution in [0.15, 0.2) is 0 Å². The predicted molar refractivity (Wildman–Crippen MR) is 71.2 cm³/mol. The van der Waals surface area contributed by atoms with Gasteiger partial charge in [0.2, 0.25) is 0 Å². The van der Waals surface area contributed by atoms with Crippen molar-refractivity contribution in [2.45, 2.75) is 65.0 Å². The number of nitrogens with one attached hydrogen (secondary N) is 1. The van der Waals surface area contributed by atoms with Gasteiger partial charge in [0.05, 0.1) is 12.7 Å². The van der Waals surface area contributed by atoms with Crippen LogP contribution in [0.1, 0.15) is 52.9 Å². The van der Waals surface area contributed by atoms with Crippen LogP contribution < -0.4 is 5.32 Å². The highest BCUT2D eigenvalue weighted by Gasteiger charge is 2.27. The van der Waals surface area contributed by atoms with Crippen LogP contribution in [0.25, 0.3) is 0 Å². The van der Waals surface area contributed by atoms with Gasteiger partial charge in [0.25, 0.3) is 0 Å². The minimum Gasteiger partial charge on any atom is -0.395 e. The van der Waals surface area contributed by atoms with Gasteiger partial charge >= 0.3 is 0 Å². The summed E-state index contributed by atoms with van der Waals surface area (Å²) in [6, 6.07) is 0.194. The highest BCUT2D eigenvalue weighted by atomic mass is 16.5. The first-order valence-corrected chi connectivity index (χ1v) is 7.03. The highest BCUT2D eigenvalue weighted by Crippen LogP contribution is 2.36. The summed E-state index contributed by atoms with van der Waals surface area (Å²) < 4.78 is 5.90. The summed E-state index contributed by atoms with van der Waals surface area (Å²) in [7, 11) is 0. The number of likely N-dealkylation sites (N-methyl/N-ethyl adjacent to an activating group) is 1. The normalized spacial score (nSPS) is 22.6. The van der Waals surface area contributed by atoms with Crippen LogP contribution >= 0.6 is 0 Å². The maximum atomic E-state index is 9.14. The molecule has 1 atom stereocenters. The molecule has 0 heterocycles. The third-order valence-corrected chi connectivity index (χ3v) is 3.82. The minimum atomic E-state index is 0.194. The van der Waals surface area contributed by atoms with Gasteiger partial charge in [-0.1, -0.05) is 20.8 Å². The van der Waals surface area contributed by atoms with E-state index >= 15 is 0 Å². The molecule has 0 spiro atoms. The topological polar surface area (TPSA) is 41.5 Å². The number of hydrogen-bond acceptors (Lipinski definition) is 3. The van der Waals surface area contributed by atoms with E-state index in [9.17, 15) is 0 Å². The average Bonchev–Trinajstić information content (AvgIpc) is 2.30. The maximum Gasteiger partial charge on any atom is 0.0585 e. The second-order valence-corrected chi connectivity index (χ2v) is 5.96. The number of hydrogen-bond donors (Lipinski definition) is 2. The Kier molecular flexibility index (Phi) is 6.45. The van der Waals surface area contributed by atoms with Crippen LogP contribution in [0.3, 0.4) is 0 Å². The van der Waals surface area contributed by atoms with Crippen LogP contribution in [0.4, 0.5) is 0 Å². The molecule has 1 fully saturated rings. The number of aliphatic hydroxyl groups is 1. The molecule has 0 radical (unpaired) electrons. The molecule has 1 aliphatic rings. The van der Waals surface area contributed by atoms with E-state index < -0.39 is 0 Å². The van der Waals surface area contributed by atoms with Gasteiger partial charge in [0, 0.05) is 12.6 Å². The Morgan fingerprint density at radius 1 is 1.35 bits per heavy atom. The highest BCUT2D eigenvalue weighted by molar-refractivity contribution is 4.79. The zero-order valence-corrected chi connectivity index (χ0v) is 11.7. The Bertz CT molecular complexity index is 196. The van der Waals surface area contributed by atoms with E-state index in [2.05, 4.69) is 26.1 Å². The summed E-state index contributed by atoms with van der Waals surface area (Å²) in [6.45, 7) is 8.63. The maximum absolute atomic E-state index is 9.14. The Labute approximate surface area is 106 Å². The Morgan fingerprint density at radius 2 is 2.00 bits per heavy atom. The molecule has 1 rings (SSSR count). The first kappa shape index (κ1) is 14.9. The fourth-order valence-electron chi connectivity index (χ4n) is 2.46. The molecule has 1 saturated carbocycles. The molecule has 2 N–H and O–H groups in total. The summed E-state index contributed by atoms with van der Waals surface area (Å²) in [4.78, 5) is 0. The van der Waals surface area contributed by atoms with Crippen molar-refractivity contribution in [2.75, 3.05) is 19.8 Å². The van der Waals surface area contributed by atoms with Gasteiger partial charge in [-0.3, -0.25) is 0 Å². The van der Waals surface area contributed by atoms with Gasteiger partial charge in [-0.05, 0) is 44.1 Å². The third kappa shape index (κ3) is 5.84. The van der Waals surface area contributed by atoms with Gasteiger partial charge < -0.3 is 15.2 Å².